The molecule has 1 aromatic heterocycles. The number of benzene rings is 2. The predicted octanol–water partition coefficient (Wildman–Crippen LogP) is 4.51. The second-order valence-electron chi connectivity index (χ2n) is 6.21. The van der Waals surface area contributed by atoms with Crippen LogP contribution in [0, 0.1) is 13.8 Å². The van der Waals surface area contributed by atoms with Crippen LogP contribution in [-0.4, -0.2) is 29.3 Å². The molecule has 0 spiro atoms. The third-order valence-electron chi connectivity index (χ3n) is 3.92. The lowest BCUT2D eigenvalue weighted by Crippen LogP contribution is -2.09. The molecule has 0 bridgehead atoms. The number of carboxylic acid groups (broad SMARTS) is 1. The van der Waals surface area contributed by atoms with Crippen molar-refractivity contribution in [3.8, 4) is 22.1 Å². The highest BCUT2D eigenvalue weighted by molar-refractivity contribution is 7.13. The zero-order valence-corrected chi connectivity index (χ0v) is 16.1. The number of carbonyl (C=O) groups is 1. The van der Waals surface area contributed by atoms with Gasteiger partial charge in [-0.25, -0.2) is 4.98 Å². The Balaban J connectivity index is 1.57. The summed E-state index contributed by atoms with van der Waals surface area (Å²) in [4.78, 5) is 15.2. The van der Waals surface area contributed by atoms with Crippen molar-refractivity contribution in [1.82, 2.24) is 4.98 Å². The van der Waals surface area contributed by atoms with E-state index in [1.165, 1.54) is 11.3 Å². The minimum Gasteiger partial charge on any atom is -0.490 e. The number of hydrogen-bond acceptors (Lipinski definition) is 5. The van der Waals surface area contributed by atoms with Crippen LogP contribution in [0.5, 0.6) is 11.5 Å². The molecular weight excluding hydrogens is 362 g/mol. The van der Waals surface area contributed by atoms with Crippen molar-refractivity contribution >= 4 is 17.3 Å². The van der Waals surface area contributed by atoms with Gasteiger partial charge in [0.1, 0.15) is 29.7 Å². The first kappa shape index (κ1) is 18.9. The molecule has 3 aromatic rings. The van der Waals surface area contributed by atoms with Crippen LogP contribution >= 0.6 is 11.3 Å². The summed E-state index contributed by atoms with van der Waals surface area (Å²) in [5.41, 5.74) is 3.73. The zero-order valence-electron chi connectivity index (χ0n) is 15.3. The van der Waals surface area contributed by atoms with Gasteiger partial charge in [-0.3, -0.25) is 4.79 Å². The fourth-order valence-corrected chi connectivity index (χ4v) is 3.39. The van der Waals surface area contributed by atoms with Gasteiger partial charge >= 0.3 is 5.97 Å². The van der Waals surface area contributed by atoms with Gasteiger partial charge in [-0.05, 0) is 43.2 Å². The van der Waals surface area contributed by atoms with Crippen LogP contribution in [0.3, 0.4) is 0 Å². The first-order valence-corrected chi connectivity index (χ1v) is 9.49. The number of hydrogen-bond donors (Lipinski definition) is 1. The van der Waals surface area contributed by atoms with Crippen molar-refractivity contribution < 1.29 is 19.4 Å². The molecule has 140 valence electrons. The van der Waals surface area contributed by atoms with Gasteiger partial charge in [0.15, 0.2) is 0 Å². The fourth-order valence-electron chi connectivity index (χ4n) is 2.57. The lowest BCUT2D eigenvalue weighted by atomic mass is 10.1. The molecule has 0 amide bonds. The summed E-state index contributed by atoms with van der Waals surface area (Å²) < 4.78 is 11.6. The molecule has 0 aliphatic carbocycles. The van der Waals surface area contributed by atoms with Gasteiger partial charge in [-0.15, -0.1) is 11.3 Å². The lowest BCUT2D eigenvalue weighted by molar-refractivity contribution is -0.136. The van der Waals surface area contributed by atoms with Crippen molar-refractivity contribution in [1.29, 1.82) is 0 Å². The molecule has 0 saturated carbocycles. The Bertz CT molecular complexity index is 935. The maximum Gasteiger partial charge on any atom is 0.309 e. The van der Waals surface area contributed by atoms with E-state index in [4.69, 9.17) is 14.6 Å². The molecule has 0 aliphatic rings. The summed E-state index contributed by atoms with van der Waals surface area (Å²) in [5, 5.41) is 11.4. The maximum atomic E-state index is 10.8. The van der Waals surface area contributed by atoms with Crippen molar-refractivity contribution in [2.45, 2.75) is 20.3 Å². The molecule has 0 aliphatic heterocycles. The first-order valence-electron chi connectivity index (χ1n) is 8.61. The van der Waals surface area contributed by atoms with Crippen LogP contribution in [-0.2, 0) is 11.2 Å². The maximum absolute atomic E-state index is 10.8. The van der Waals surface area contributed by atoms with Crippen LogP contribution in [0.4, 0.5) is 0 Å². The third-order valence-corrected chi connectivity index (χ3v) is 4.86. The van der Waals surface area contributed by atoms with E-state index in [2.05, 4.69) is 11.1 Å². The average molecular weight is 383 g/mol. The second-order valence-corrected chi connectivity index (χ2v) is 7.07. The fraction of sp³-hybridized carbons (Fsp3) is 0.238. The van der Waals surface area contributed by atoms with E-state index < -0.39 is 5.97 Å². The van der Waals surface area contributed by atoms with Gasteiger partial charge in [0.05, 0.1) is 12.1 Å². The molecule has 6 heteroatoms. The number of rotatable bonds is 8. The molecule has 0 radical (unpaired) electrons. The molecule has 1 heterocycles. The predicted molar refractivity (Wildman–Crippen MR) is 106 cm³/mol. The van der Waals surface area contributed by atoms with E-state index in [0.717, 1.165) is 33.2 Å². The number of nitrogens with zero attached hydrogens (tertiary/aromatic N) is 1. The summed E-state index contributed by atoms with van der Waals surface area (Å²) in [6.07, 6.45) is -0.0671. The third kappa shape index (κ3) is 5.31. The number of carboxylic acids is 1. The highest BCUT2D eigenvalue weighted by atomic mass is 32.1. The van der Waals surface area contributed by atoms with Crippen LogP contribution in [0.1, 0.15) is 16.8 Å². The Morgan fingerprint density at radius 3 is 2.74 bits per heavy atom. The number of aliphatic carboxylic acids is 1. The highest BCUT2D eigenvalue weighted by Gasteiger charge is 2.09. The van der Waals surface area contributed by atoms with E-state index in [1.54, 1.807) is 5.38 Å². The minimum atomic E-state index is -0.882. The summed E-state index contributed by atoms with van der Waals surface area (Å²) >= 11 is 1.43. The molecular formula is C21H21NO4S. The standard InChI is InChI=1S/C21H21NO4S/c1-14-6-7-15(2)19(10-14)26-9-8-25-18-5-3-4-16(11-18)21-22-17(13-27-21)12-20(23)24/h3-7,10-11,13H,8-9,12H2,1-2H3,(H,23,24). The van der Waals surface area contributed by atoms with E-state index in [1.807, 2.05) is 50.2 Å². The van der Waals surface area contributed by atoms with Gasteiger partial charge in [-0.1, -0.05) is 24.3 Å². The number of aryl methyl sites for hydroxylation is 2. The molecule has 0 fully saturated rings. The Hall–Kier alpha value is -2.86. The minimum absolute atomic E-state index is 0.0671. The molecule has 27 heavy (non-hydrogen) atoms. The largest absolute Gasteiger partial charge is 0.490 e. The highest BCUT2D eigenvalue weighted by Crippen LogP contribution is 2.27. The molecule has 0 atom stereocenters. The van der Waals surface area contributed by atoms with Gasteiger partial charge in [0.25, 0.3) is 0 Å². The summed E-state index contributed by atoms with van der Waals surface area (Å²) in [5.74, 6) is 0.723. The van der Waals surface area contributed by atoms with Crippen molar-refractivity contribution in [3.63, 3.8) is 0 Å². The Morgan fingerprint density at radius 2 is 1.93 bits per heavy atom. The van der Waals surface area contributed by atoms with Crippen molar-refractivity contribution in [2.24, 2.45) is 0 Å². The van der Waals surface area contributed by atoms with Crippen molar-refractivity contribution in [3.05, 3.63) is 64.7 Å². The van der Waals surface area contributed by atoms with E-state index in [0.29, 0.717) is 18.9 Å². The molecule has 2 aromatic carbocycles. The average Bonchev–Trinajstić information content (AvgIpc) is 3.09. The number of ether oxygens (including phenoxy) is 2. The lowest BCUT2D eigenvalue weighted by Gasteiger charge is -2.11. The molecule has 5 nitrogen and oxygen atoms in total. The monoisotopic (exact) mass is 383 g/mol. The van der Waals surface area contributed by atoms with Crippen LogP contribution in [0.25, 0.3) is 10.6 Å². The summed E-state index contributed by atoms with van der Waals surface area (Å²) in [6, 6.07) is 13.7. The molecule has 1 N–H and O–H groups in total. The number of aromatic nitrogens is 1. The Morgan fingerprint density at radius 1 is 1.11 bits per heavy atom. The molecule has 3 rings (SSSR count). The molecule has 0 saturated heterocycles. The number of thiazole rings is 1. The zero-order chi connectivity index (χ0) is 19.2. The molecule has 0 unspecified atom stereocenters. The Labute approximate surface area is 162 Å². The first-order chi connectivity index (χ1) is 13.0. The van der Waals surface area contributed by atoms with E-state index >= 15 is 0 Å². The second kappa shape index (κ2) is 8.68. The smallest absolute Gasteiger partial charge is 0.309 e. The van der Waals surface area contributed by atoms with Crippen molar-refractivity contribution in [2.75, 3.05) is 13.2 Å². The normalized spacial score (nSPS) is 10.6. The van der Waals surface area contributed by atoms with Crippen LogP contribution < -0.4 is 9.47 Å². The van der Waals surface area contributed by atoms with Gasteiger partial charge < -0.3 is 14.6 Å². The Kier molecular flexibility index (Phi) is 6.08. The quantitative estimate of drug-likeness (QED) is 0.580. The summed E-state index contributed by atoms with van der Waals surface area (Å²) in [6.45, 7) is 4.94. The topological polar surface area (TPSA) is 68.7 Å². The van der Waals surface area contributed by atoms with Gasteiger partial charge in [-0.2, -0.15) is 0 Å². The van der Waals surface area contributed by atoms with Crippen LogP contribution in [0.2, 0.25) is 0 Å². The summed E-state index contributed by atoms with van der Waals surface area (Å²) in [7, 11) is 0. The van der Waals surface area contributed by atoms with Gasteiger partial charge in [0.2, 0.25) is 0 Å². The van der Waals surface area contributed by atoms with E-state index in [9.17, 15) is 4.79 Å². The van der Waals surface area contributed by atoms with Gasteiger partial charge in [0, 0.05) is 10.9 Å². The van der Waals surface area contributed by atoms with E-state index in [-0.39, 0.29) is 6.42 Å². The van der Waals surface area contributed by atoms with Crippen LogP contribution in [0.15, 0.2) is 47.8 Å². The SMILES string of the molecule is Cc1ccc(C)c(OCCOc2cccc(-c3nc(CC(=O)O)cs3)c2)c1.